The van der Waals surface area contributed by atoms with Gasteiger partial charge in [-0.25, -0.2) is 0 Å². The van der Waals surface area contributed by atoms with Crippen LogP contribution in [0, 0.1) is 5.92 Å². The van der Waals surface area contributed by atoms with Crippen molar-refractivity contribution in [2.75, 3.05) is 17.2 Å². The topological polar surface area (TPSA) is 78.5 Å². The van der Waals surface area contributed by atoms with Gasteiger partial charge in [-0.05, 0) is 55.3 Å². The molecule has 0 bridgehead atoms. The number of amides is 2. The van der Waals surface area contributed by atoms with Crippen molar-refractivity contribution in [1.82, 2.24) is 4.90 Å². The van der Waals surface area contributed by atoms with Crippen LogP contribution in [0.4, 0.5) is 11.4 Å². The van der Waals surface area contributed by atoms with E-state index in [4.69, 9.17) is 23.2 Å². The van der Waals surface area contributed by atoms with Crippen LogP contribution in [0.3, 0.4) is 0 Å². The third kappa shape index (κ3) is 2.45. The fraction of sp³-hybridized carbons (Fsp3) is 0.250. The highest BCUT2D eigenvalue weighted by Gasteiger charge is 2.78. The summed E-state index contributed by atoms with van der Waals surface area (Å²) >= 11 is 12.7. The van der Waals surface area contributed by atoms with Crippen LogP contribution < -0.4 is 10.6 Å². The molecule has 8 heteroatoms. The van der Waals surface area contributed by atoms with Gasteiger partial charge in [0.15, 0.2) is 5.78 Å². The Kier molecular flexibility index (Phi) is 4.54. The lowest BCUT2D eigenvalue weighted by atomic mass is 9.60. The van der Waals surface area contributed by atoms with Crippen molar-refractivity contribution in [1.29, 1.82) is 0 Å². The minimum atomic E-state index is -1.35. The molecule has 6 nitrogen and oxygen atoms in total. The van der Waals surface area contributed by atoms with Gasteiger partial charge in [0.1, 0.15) is 11.0 Å². The van der Waals surface area contributed by atoms with Crippen molar-refractivity contribution in [3.63, 3.8) is 0 Å². The highest BCUT2D eigenvalue weighted by atomic mass is 35.5. The third-order valence-electron chi connectivity index (χ3n) is 8.49. The largest absolute Gasteiger partial charge is 0.325 e. The fourth-order valence-corrected chi connectivity index (χ4v) is 7.85. The van der Waals surface area contributed by atoms with E-state index in [1.54, 1.807) is 12.1 Å². The Labute approximate surface area is 217 Å². The highest BCUT2D eigenvalue weighted by Crippen LogP contribution is 2.66. The van der Waals surface area contributed by atoms with Gasteiger partial charge >= 0.3 is 0 Å². The molecule has 2 amide bonds. The van der Waals surface area contributed by atoms with Crippen LogP contribution in [0.2, 0.25) is 10.0 Å². The molecule has 0 unspecified atom stereocenters. The van der Waals surface area contributed by atoms with Crippen molar-refractivity contribution >= 4 is 52.2 Å². The van der Waals surface area contributed by atoms with Crippen molar-refractivity contribution in [3.05, 3.63) is 93.5 Å². The number of ketones is 1. The fourth-order valence-electron chi connectivity index (χ4n) is 7.35. The lowest BCUT2D eigenvalue weighted by Crippen LogP contribution is -2.55. The number of hydrogen-bond acceptors (Lipinski definition) is 4. The van der Waals surface area contributed by atoms with Gasteiger partial charge in [-0.3, -0.25) is 19.3 Å². The Balaban J connectivity index is 1.59. The van der Waals surface area contributed by atoms with E-state index in [9.17, 15) is 14.4 Å². The molecule has 4 atom stereocenters. The molecule has 2 fully saturated rings. The van der Waals surface area contributed by atoms with Crippen LogP contribution >= 0.6 is 23.2 Å². The van der Waals surface area contributed by atoms with Gasteiger partial charge in [0.25, 0.3) is 0 Å². The number of nitrogens with zero attached hydrogens (tertiary/aromatic N) is 1. The van der Waals surface area contributed by atoms with Gasteiger partial charge in [-0.15, -0.1) is 0 Å². The van der Waals surface area contributed by atoms with Crippen LogP contribution in [-0.2, 0) is 20.5 Å². The second-order valence-electron chi connectivity index (χ2n) is 9.91. The first kappa shape index (κ1) is 22.0. The maximum atomic E-state index is 14.7. The van der Waals surface area contributed by atoms with E-state index in [0.717, 1.165) is 17.5 Å². The number of halogens is 2. The summed E-state index contributed by atoms with van der Waals surface area (Å²) in [6.07, 6.45) is 1.51. The van der Waals surface area contributed by atoms with Gasteiger partial charge in [0, 0.05) is 33.6 Å². The lowest BCUT2D eigenvalue weighted by molar-refractivity contribution is -0.128. The van der Waals surface area contributed by atoms with Gasteiger partial charge in [-0.2, -0.15) is 0 Å². The molecule has 7 rings (SSSR count). The molecule has 180 valence electrons. The first-order chi connectivity index (χ1) is 17.4. The number of fused-ring (bicyclic) bond motifs is 7. The summed E-state index contributed by atoms with van der Waals surface area (Å²) in [5.41, 5.74) is 0.452. The molecule has 0 radical (unpaired) electrons. The SMILES string of the molecule is O=C(c1ccc(Cl)cc1Cl)[C@H]1[C@@]2(C(=O)Nc3ccccc32)[C@H]2CCCN2[C@]12C(=O)Nc1ccccc12. The molecule has 0 saturated carbocycles. The summed E-state index contributed by atoms with van der Waals surface area (Å²) in [6, 6.07) is 19.4. The molecule has 3 aromatic carbocycles. The second kappa shape index (κ2) is 7.42. The number of rotatable bonds is 2. The molecule has 4 aliphatic heterocycles. The minimum Gasteiger partial charge on any atom is -0.325 e. The van der Waals surface area contributed by atoms with E-state index < -0.39 is 16.9 Å². The molecule has 3 aromatic rings. The predicted molar refractivity (Wildman–Crippen MR) is 138 cm³/mol. The minimum absolute atomic E-state index is 0.197. The Morgan fingerprint density at radius 2 is 1.56 bits per heavy atom. The van der Waals surface area contributed by atoms with Gasteiger partial charge in [0.2, 0.25) is 11.8 Å². The van der Waals surface area contributed by atoms with Gasteiger partial charge in [0.05, 0.1) is 10.9 Å². The molecular formula is C28H21Cl2N3O3. The maximum absolute atomic E-state index is 14.7. The van der Waals surface area contributed by atoms with E-state index in [0.29, 0.717) is 29.4 Å². The van der Waals surface area contributed by atoms with Crippen molar-refractivity contribution < 1.29 is 14.4 Å². The van der Waals surface area contributed by atoms with Crippen LogP contribution in [0.25, 0.3) is 0 Å². The molecule has 36 heavy (non-hydrogen) atoms. The molecule has 2 saturated heterocycles. The Morgan fingerprint density at radius 1 is 0.889 bits per heavy atom. The number of carbonyl (C=O) groups is 3. The molecule has 0 aromatic heterocycles. The van der Waals surface area contributed by atoms with Crippen LogP contribution in [0.1, 0.15) is 34.3 Å². The Hall–Kier alpha value is -3.19. The molecule has 4 aliphatic rings. The number of nitrogens with one attached hydrogen (secondary N) is 2. The van der Waals surface area contributed by atoms with E-state index in [-0.39, 0.29) is 34.2 Å². The normalized spacial score (nSPS) is 29.8. The molecule has 4 heterocycles. The molecule has 2 N–H and O–H groups in total. The highest BCUT2D eigenvalue weighted by molar-refractivity contribution is 6.37. The monoisotopic (exact) mass is 517 g/mol. The number of hydrogen-bond donors (Lipinski definition) is 2. The van der Waals surface area contributed by atoms with Crippen molar-refractivity contribution in [2.45, 2.75) is 29.8 Å². The van der Waals surface area contributed by atoms with E-state index in [2.05, 4.69) is 15.5 Å². The lowest BCUT2D eigenvalue weighted by Gasteiger charge is -2.38. The van der Waals surface area contributed by atoms with Gasteiger partial charge in [-0.1, -0.05) is 59.6 Å². The summed E-state index contributed by atoms with van der Waals surface area (Å²) in [6.45, 7) is 0.599. The summed E-state index contributed by atoms with van der Waals surface area (Å²) in [4.78, 5) is 45.2. The zero-order valence-corrected chi connectivity index (χ0v) is 20.6. The number of Topliss-reactive ketones (excluding diaryl/α,β-unsaturated/α-hetero) is 1. The number of benzene rings is 3. The predicted octanol–water partition coefficient (Wildman–Crippen LogP) is 5.01. The first-order valence-electron chi connectivity index (χ1n) is 12.0. The van der Waals surface area contributed by atoms with Crippen molar-refractivity contribution in [2.24, 2.45) is 5.92 Å². The smallest absolute Gasteiger partial charge is 0.250 e. The zero-order valence-electron chi connectivity index (χ0n) is 19.1. The van der Waals surface area contributed by atoms with Crippen LogP contribution in [-0.4, -0.2) is 35.1 Å². The molecule has 0 aliphatic carbocycles. The number of carbonyl (C=O) groups excluding carboxylic acids is 3. The molecular weight excluding hydrogens is 497 g/mol. The quantitative estimate of drug-likeness (QED) is 0.468. The van der Waals surface area contributed by atoms with E-state index in [1.165, 1.54) is 6.07 Å². The van der Waals surface area contributed by atoms with Crippen LogP contribution in [0.15, 0.2) is 66.7 Å². The first-order valence-corrected chi connectivity index (χ1v) is 12.7. The Morgan fingerprint density at radius 3 is 2.31 bits per heavy atom. The average molecular weight is 518 g/mol. The average Bonchev–Trinajstić information content (AvgIpc) is 3.58. The van der Waals surface area contributed by atoms with Crippen molar-refractivity contribution in [3.8, 4) is 0 Å². The summed E-state index contributed by atoms with van der Waals surface area (Å²) in [5.74, 6) is -1.92. The maximum Gasteiger partial charge on any atom is 0.250 e. The summed E-state index contributed by atoms with van der Waals surface area (Å²) in [7, 11) is 0. The zero-order chi connectivity index (χ0) is 24.8. The molecule has 2 spiro atoms. The summed E-state index contributed by atoms with van der Waals surface area (Å²) in [5, 5.41) is 6.67. The van der Waals surface area contributed by atoms with Gasteiger partial charge < -0.3 is 10.6 Å². The summed E-state index contributed by atoms with van der Waals surface area (Å²) < 4.78 is 0. The number of para-hydroxylation sites is 2. The van der Waals surface area contributed by atoms with Crippen LogP contribution in [0.5, 0.6) is 0 Å². The number of anilines is 2. The van der Waals surface area contributed by atoms with E-state index in [1.807, 2.05) is 48.5 Å². The Bertz CT molecular complexity index is 1430. The standard InChI is InChI=1S/C28H21Cl2N3O3/c29-15-11-12-16(19(30)14-15)23(34)24-27(17-6-1-3-8-20(17)31-25(27)35)22-10-5-13-33(22)28(24)18-7-2-4-9-21(18)32-26(28)36/h1-4,6-9,11-12,14,22,24H,5,10,13H2,(H,31,35)(H,32,36)/t22-,24+,27+,28+/m1/s1. The third-order valence-corrected chi connectivity index (χ3v) is 9.04. The second-order valence-corrected chi connectivity index (χ2v) is 10.8. The van der Waals surface area contributed by atoms with E-state index >= 15 is 0 Å².